The van der Waals surface area contributed by atoms with Crippen LogP contribution in [-0.2, 0) is 17.6 Å². The molecule has 1 amide bonds. The standard InChI is InChI=1S/C25H30ClIN4O/c26-20-3-4-22-18(14-20)1-2-19-15-21(27)16-29-24(19)25(22)31-11-9-30(10-12-31)23(32)13-17-5-7-28-8-6-17/h3-4,14-17,25,28H,1-2,5-13H2. The summed E-state index contributed by atoms with van der Waals surface area (Å²) >= 11 is 8.71. The monoisotopic (exact) mass is 564 g/mol. The van der Waals surface area contributed by atoms with Crippen molar-refractivity contribution in [2.45, 2.75) is 38.1 Å². The van der Waals surface area contributed by atoms with Crippen molar-refractivity contribution in [2.24, 2.45) is 5.92 Å². The van der Waals surface area contributed by atoms with E-state index in [1.807, 2.05) is 12.3 Å². The van der Waals surface area contributed by atoms with E-state index >= 15 is 0 Å². The molecule has 0 radical (unpaired) electrons. The number of carbonyl (C=O) groups is 1. The van der Waals surface area contributed by atoms with Gasteiger partial charge in [-0.15, -0.1) is 0 Å². The molecule has 0 saturated carbocycles. The number of hydrogen-bond acceptors (Lipinski definition) is 4. The Kier molecular flexibility index (Phi) is 7.02. The number of amides is 1. The van der Waals surface area contributed by atoms with Gasteiger partial charge in [0, 0.05) is 47.4 Å². The minimum atomic E-state index is 0.124. The molecule has 5 rings (SSSR count). The molecule has 2 saturated heterocycles. The lowest BCUT2D eigenvalue weighted by molar-refractivity contribution is -0.134. The molecular weight excluding hydrogens is 535 g/mol. The molecule has 3 heterocycles. The first-order valence-electron chi connectivity index (χ1n) is 11.7. The van der Waals surface area contributed by atoms with Crippen molar-refractivity contribution >= 4 is 40.1 Å². The van der Waals surface area contributed by atoms with Gasteiger partial charge in [-0.2, -0.15) is 0 Å². The largest absolute Gasteiger partial charge is 0.340 e. The first-order chi connectivity index (χ1) is 15.6. The van der Waals surface area contributed by atoms with Crippen LogP contribution in [0.5, 0.6) is 0 Å². The fourth-order valence-electron chi connectivity index (χ4n) is 5.47. The summed E-state index contributed by atoms with van der Waals surface area (Å²) in [5.41, 5.74) is 5.14. The lowest BCUT2D eigenvalue weighted by atomic mass is 9.93. The van der Waals surface area contributed by atoms with Gasteiger partial charge in [0.25, 0.3) is 0 Å². The SMILES string of the molecule is O=C(CC1CCNCC1)N1CCN(C2c3ccc(Cl)cc3CCc3cc(I)cnc32)CC1. The maximum Gasteiger partial charge on any atom is 0.222 e. The van der Waals surface area contributed by atoms with Crippen molar-refractivity contribution in [3.05, 3.63) is 61.4 Å². The molecule has 2 aromatic rings. The molecule has 0 spiro atoms. The minimum absolute atomic E-state index is 0.124. The third-order valence-electron chi connectivity index (χ3n) is 7.24. The highest BCUT2D eigenvalue weighted by atomic mass is 127. The number of halogens is 2. The van der Waals surface area contributed by atoms with Gasteiger partial charge in [-0.1, -0.05) is 17.7 Å². The Morgan fingerprint density at radius 1 is 1.09 bits per heavy atom. The predicted octanol–water partition coefficient (Wildman–Crippen LogP) is 4.06. The summed E-state index contributed by atoms with van der Waals surface area (Å²) in [5.74, 6) is 0.872. The fraction of sp³-hybridized carbons (Fsp3) is 0.520. The number of rotatable bonds is 3. The van der Waals surface area contributed by atoms with E-state index in [2.05, 4.69) is 55.9 Å². The summed E-state index contributed by atoms with van der Waals surface area (Å²) in [7, 11) is 0. The number of pyridine rings is 1. The number of benzene rings is 1. The van der Waals surface area contributed by atoms with Gasteiger partial charge in [0.1, 0.15) is 0 Å². The molecule has 3 aliphatic rings. The molecule has 7 heteroatoms. The molecule has 1 aliphatic carbocycles. The Morgan fingerprint density at radius 3 is 2.62 bits per heavy atom. The van der Waals surface area contributed by atoms with E-state index in [0.29, 0.717) is 18.2 Å². The third kappa shape index (κ3) is 4.83. The second-order valence-electron chi connectivity index (χ2n) is 9.26. The summed E-state index contributed by atoms with van der Waals surface area (Å²) in [6.45, 7) is 5.42. The third-order valence-corrected chi connectivity index (χ3v) is 8.07. The Labute approximate surface area is 209 Å². The topological polar surface area (TPSA) is 48.5 Å². The molecule has 2 fully saturated rings. The first kappa shape index (κ1) is 22.6. The maximum atomic E-state index is 12.9. The molecule has 1 aromatic heterocycles. The lowest BCUT2D eigenvalue weighted by Gasteiger charge is -2.40. The van der Waals surface area contributed by atoms with Crippen LogP contribution >= 0.6 is 34.2 Å². The van der Waals surface area contributed by atoms with Crippen LogP contribution in [0.25, 0.3) is 0 Å². The summed E-state index contributed by atoms with van der Waals surface area (Å²) in [5, 5.41) is 4.19. The van der Waals surface area contributed by atoms with Gasteiger partial charge in [-0.25, -0.2) is 0 Å². The average molecular weight is 565 g/mol. The zero-order valence-electron chi connectivity index (χ0n) is 18.3. The predicted molar refractivity (Wildman–Crippen MR) is 136 cm³/mol. The number of aromatic nitrogens is 1. The number of nitrogens with zero attached hydrogens (tertiary/aromatic N) is 3. The zero-order chi connectivity index (χ0) is 22.1. The summed E-state index contributed by atoms with van der Waals surface area (Å²) in [6.07, 6.45) is 6.89. The molecule has 170 valence electrons. The Morgan fingerprint density at radius 2 is 1.84 bits per heavy atom. The van der Waals surface area contributed by atoms with Crippen molar-refractivity contribution < 1.29 is 4.79 Å². The highest BCUT2D eigenvalue weighted by molar-refractivity contribution is 14.1. The van der Waals surface area contributed by atoms with Crippen LogP contribution in [0.1, 0.15) is 47.7 Å². The highest BCUT2D eigenvalue weighted by Crippen LogP contribution is 2.37. The molecule has 1 unspecified atom stereocenters. The number of carbonyl (C=O) groups excluding carboxylic acids is 1. The average Bonchev–Trinajstić information content (AvgIpc) is 2.96. The van der Waals surface area contributed by atoms with Gasteiger partial charge in [0.15, 0.2) is 0 Å². The van der Waals surface area contributed by atoms with Crippen LogP contribution < -0.4 is 5.32 Å². The quantitative estimate of drug-likeness (QED) is 0.572. The lowest BCUT2D eigenvalue weighted by Crippen LogP contribution is -2.50. The number of piperazine rings is 1. The Hall–Kier alpha value is -1.22. The van der Waals surface area contributed by atoms with E-state index in [1.54, 1.807) is 0 Å². The van der Waals surface area contributed by atoms with Crippen molar-refractivity contribution in [1.29, 1.82) is 0 Å². The van der Waals surface area contributed by atoms with Gasteiger partial charge >= 0.3 is 0 Å². The molecule has 0 bridgehead atoms. The van der Waals surface area contributed by atoms with Crippen molar-refractivity contribution in [2.75, 3.05) is 39.3 Å². The summed E-state index contributed by atoms with van der Waals surface area (Å²) in [4.78, 5) is 22.5. The summed E-state index contributed by atoms with van der Waals surface area (Å²) < 4.78 is 1.18. The van der Waals surface area contributed by atoms with Crippen molar-refractivity contribution in [1.82, 2.24) is 20.1 Å². The van der Waals surface area contributed by atoms with Crippen LogP contribution in [0.3, 0.4) is 0 Å². The molecule has 5 nitrogen and oxygen atoms in total. The molecule has 1 N–H and O–H groups in total. The van der Waals surface area contributed by atoms with Crippen LogP contribution in [0.2, 0.25) is 5.02 Å². The van der Waals surface area contributed by atoms with Crippen molar-refractivity contribution in [3.8, 4) is 0 Å². The number of nitrogens with one attached hydrogen (secondary N) is 1. The first-order valence-corrected chi connectivity index (χ1v) is 13.2. The van der Waals surface area contributed by atoms with Gasteiger partial charge in [-0.05, 0) is 102 Å². The molecule has 1 aromatic carbocycles. The van der Waals surface area contributed by atoms with E-state index in [0.717, 1.165) is 70.0 Å². The maximum absolute atomic E-state index is 12.9. The van der Waals surface area contributed by atoms with Gasteiger partial charge in [0.2, 0.25) is 5.91 Å². The minimum Gasteiger partial charge on any atom is -0.340 e. The van der Waals surface area contributed by atoms with Gasteiger partial charge < -0.3 is 10.2 Å². The zero-order valence-corrected chi connectivity index (χ0v) is 21.2. The van der Waals surface area contributed by atoms with E-state index in [4.69, 9.17) is 16.6 Å². The normalized spacial score (nSPS) is 22.2. The molecule has 2 aliphatic heterocycles. The fourth-order valence-corrected chi connectivity index (χ4v) is 6.18. The number of aryl methyl sites for hydroxylation is 2. The van der Waals surface area contributed by atoms with E-state index in [-0.39, 0.29) is 6.04 Å². The van der Waals surface area contributed by atoms with Crippen LogP contribution in [0.4, 0.5) is 0 Å². The van der Waals surface area contributed by atoms with E-state index in [9.17, 15) is 4.79 Å². The Balaban J connectivity index is 1.35. The molecular formula is C25H30ClIN4O. The second kappa shape index (κ2) is 9.95. The van der Waals surface area contributed by atoms with E-state index in [1.165, 1.54) is 26.0 Å². The highest BCUT2D eigenvalue weighted by Gasteiger charge is 2.33. The van der Waals surface area contributed by atoms with Crippen LogP contribution in [-0.4, -0.2) is 60.0 Å². The van der Waals surface area contributed by atoms with E-state index < -0.39 is 0 Å². The second-order valence-corrected chi connectivity index (χ2v) is 10.9. The number of piperidine rings is 1. The van der Waals surface area contributed by atoms with Crippen LogP contribution in [0.15, 0.2) is 30.5 Å². The van der Waals surface area contributed by atoms with Crippen LogP contribution in [0, 0.1) is 9.49 Å². The van der Waals surface area contributed by atoms with Gasteiger partial charge in [0.05, 0.1) is 11.7 Å². The molecule has 1 atom stereocenters. The summed E-state index contributed by atoms with van der Waals surface area (Å²) in [6, 6.07) is 8.72. The van der Waals surface area contributed by atoms with Crippen molar-refractivity contribution in [3.63, 3.8) is 0 Å². The number of fused-ring (bicyclic) bond motifs is 2. The number of hydrogen-bond donors (Lipinski definition) is 1. The Bertz CT molecular complexity index is 932. The van der Waals surface area contributed by atoms with Gasteiger partial charge in [-0.3, -0.25) is 14.7 Å². The molecule has 32 heavy (non-hydrogen) atoms. The smallest absolute Gasteiger partial charge is 0.222 e.